The van der Waals surface area contributed by atoms with Crippen molar-refractivity contribution in [2.75, 3.05) is 68.5 Å². The first-order valence-electron chi connectivity index (χ1n) is 7.62. The molecule has 1 aromatic rings. The molecular weight excluding hydrogens is 260 g/mol. The van der Waals surface area contributed by atoms with Gasteiger partial charge in [0.2, 0.25) is 0 Å². The topological polar surface area (TPSA) is 21.8 Å². The molecule has 0 spiro atoms. The summed E-state index contributed by atoms with van der Waals surface area (Å²) < 4.78 is 0. The monoisotopic (exact) mass is 294 g/mol. The maximum absolute atomic E-state index is 3.06. The number of hydrogen-bond donors (Lipinski definition) is 1. The van der Waals surface area contributed by atoms with Gasteiger partial charge in [-0.1, -0.05) is 30.3 Å². The lowest BCUT2D eigenvalue weighted by Gasteiger charge is -2.19. The zero-order chi connectivity index (χ0) is 16.1. The fourth-order valence-electron chi connectivity index (χ4n) is 1.68. The van der Waals surface area contributed by atoms with E-state index in [4.69, 9.17) is 0 Å². The zero-order valence-corrected chi connectivity index (χ0v) is 14.8. The average Bonchev–Trinajstić information content (AvgIpc) is 2.44. The van der Waals surface area contributed by atoms with E-state index in [1.165, 1.54) is 5.56 Å². The molecule has 0 saturated carbocycles. The zero-order valence-electron chi connectivity index (χ0n) is 14.8. The smallest absolute Gasteiger partial charge is 0.0231 e. The Morgan fingerprint density at radius 3 is 1.81 bits per heavy atom. The summed E-state index contributed by atoms with van der Waals surface area (Å²) in [5.41, 5.74) is 1.38. The van der Waals surface area contributed by atoms with Gasteiger partial charge in [-0.15, -0.1) is 0 Å². The van der Waals surface area contributed by atoms with E-state index < -0.39 is 0 Å². The van der Waals surface area contributed by atoms with Crippen LogP contribution in [0.3, 0.4) is 0 Å². The molecule has 1 N–H and O–H groups in total. The Morgan fingerprint density at radius 2 is 1.38 bits per heavy atom. The van der Waals surface area contributed by atoms with E-state index in [2.05, 4.69) is 85.6 Å². The molecule has 21 heavy (non-hydrogen) atoms. The summed E-state index contributed by atoms with van der Waals surface area (Å²) in [6, 6.07) is 10.6. The third kappa shape index (κ3) is 13.8. The van der Waals surface area contributed by atoms with E-state index in [0.29, 0.717) is 0 Å². The predicted octanol–water partition coefficient (Wildman–Crippen LogP) is 1.45. The van der Waals surface area contributed by atoms with E-state index >= 15 is 0 Å². The molecule has 0 aliphatic carbocycles. The first-order valence-corrected chi connectivity index (χ1v) is 7.62. The molecule has 0 fully saturated rings. The number of rotatable bonds is 8. The molecule has 0 aromatic heterocycles. The van der Waals surface area contributed by atoms with Crippen LogP contribution in [0.25, 0.3) is 0 Å². The quantitative estimate of drug-likeness (QED) is 0.783. The van der Waals surface area contributed by atoms with Crippen molar-refractivity contribution in [2.45, 2.75) is 6.54 Å². The second kappa shape index (κ2) is 12.8. The Labute approximate surface area is 131 Å². The van der Waals surface area contributed by atoms with Crippen LogP contribution in [0.1, 0.15) is 5.56 Å². The largest absolute Gasteiger partial charge is 0.318 e. The van der Waals surface area contributed by atoms with Gasteiger partial charge in [-0.05, 0) is 47.8 Å². The van der Waals surface area contributed by atoms with Crippen LogP contribution in [0.15, 0.2) is 30.3 Å². The van der Waals surface area contributed by atoms with Gasteiger partial charge in [0.05, 0.1) is 0 Å². The molecule has 0 bridgehead atoms. The lowest BCUT2D eigenvalue weighted by molar-refractivity contribution is 0.276. The fourth-order valence-corrected chi connectivity index (χ4v) is 1.68. The van der Waals surface area contributed by atoms with Gasteiger partial charge in [0.1, 0.15) is 0 Å². The summed E-state index contributed by atoms with van der Waals surface area (Å²) in [6.45, 7) is 5.46. The van der Waals surface area contributed by atoms with E-state index in [9.17, 15) is 0 Å². The molecule has 0 atom stereocenters. The molecule has 1 rings (SSSR count). The van der Waals surface area contributed by atoms with Crippen LogP contribution in [-0.2, 0) is 6.54 Å². The molecule has 0 unspecified atom stereocenters. The van der Waals surface area contributed by atoms with E-state index in [0.717, 1.165) is 32.7 Å². The standard InChI is InChI=1S/C12H20N2.C5H14N2/c1-13(2)9-10-14(3)11-12-7-5-4-6-8-12;1-6-4-5-7(2)3/h4-8H,9-11H2,1-3H3;6H,4-5H2,1-3H3. The Hall–Kier alpha value is -0.940. The maximum atomic E-state index is 3.06. The Bertz CT molecular complexity index is 325. The van der Waals surface area contributed by atoms with Gasteiger partial charge in [-0.2, -0.15) is 0 Å². The summed E-state index contributed by atoms with van der Waals surface area (Å²) in [7, 11) is 12.5. The molecule has 0 aliphatic rings. The van der Waals surface area contributed by atoms with Gasteiger partial charge in [-0.3, -0.25) is 0 Å². The summed E-state index contributed by atoms with van der Waals surface area (Å²) in [5.74, 6) is 0. The van der Waals surface area contributed by atoms with Crippen LogP contribution >= 0.6 is 0 Å². The second-order valence-corrected chi connectivity index (χ2v) is 5.93. The van der Waals surface area contributed by atoms with Crippen LogP contribution in [0, 0.1) is 0 Å². The first kappa shape index (κ1) is 20.1. The molecule has 0 saturated heterocycles. The molecule has 4 nitrogen and oxygen atoms in total. The average molecular weight is 294 g/mol. The highest BCUT2D eigenvalue weighted by molar-refractivity contribution is 5.14. The van der Waals surface area contributed by atoms with Gasteiger partial charge < -0.3 is 20.0 Å². The third-order valence-corrected chi connectivity index (χ3v) is 3.03. The Balaban J connectivity index is 0.000000486. The number of benzene rings is 1. The highest BCUT2D eigenvalue weighted by atomic mass is 15.1. The minimum absolute atomic E-state index is 1.04. The van der Waals surface area contributed by atoms with Gasteiger partial charge >= 0.3 is 0 Å². The van der Waals surface area contributed by atoms with Crippen LogP contribution < -0.4 is 5.32 Å². The van der Waals surface area contributed by atoms with Crippen molar-refractivity contribution in [3.63, 3.8) is 0 Å². The van der Waals surface area contributed by atoms with Gasteiger partial charge in [-0.25, -0.2) is 0 Å². The Morgan fingerprint density at radius 1 is 0.810 bits per heavy atom. The first-order chi connectivity index (χ1) is 9.95. The van der Waals surface area contributed by atoms with E-state index in [1.54, 1.807) is 0 Å². The van der Waals surface area contributed by atoms with Crippen molar-refractivity contribution in [3.05, 3.63) is 35.9 Å². The highest BCUT2D eigenvalue weighted by Crippen LogP contribution is 2.01. The number of nitrogens with zero attached hydrogens (tertiary/aromatic N) is 3. The van der Waals surface area contributed by atoms with Gasteiger partial charge in [0.15, 0.2) is 0 Å². The van der Waals surface area contributed by atoms with Gasteiger partial charge in [0.25, 0.3) is 0 Å². The summed E-state index contributed by atoms with van der Waals surface area (Å²) in [5, 5.41) is 3.06. The van der Waals surface area contributed by atoms with Crippen molar-refractivity contribution in [2.24, 2.45) is 0 Å². The van der Waals surface area contributed by atoms with Crippen molar-refractivity contribution in [3.8, 4) is 0 Å². The van der Waals surface area contributed by atoms with Crippen LogP contribution in [0.5, 0.6) is 0 Å². The number of hydrogen-bond acceptors (Lipinski definition) is 4. The molecule has 0 aliphatic heterocycles. The van der Waals surface area contributed by atoms with Gasteiger partial charge in [0, 0.05) is 32.7 Å². The predicted molar refractivity (Wildman–Crippen MR) is 93.8 cm³/mol. The van der Waals surface area contributed by atoms with Crippen molar-refractivity contribution in [1.29, 1.82) is 0 Å². The molecule has 122 valence electrons. The summed E-state index contributed by atoms with van der Waals surface area (Å²) >= 11 is 0. The van der Waals surface area contributed by atoms with E-state index in [-0.39, 0.29) is 0 Å². The molecular formula is C17H34N4. The van der Waals surface area contributed by atoms with Crippen LogP contribution in [0.4, 0.5) is 0 Å². The summed E-state index contributed by atoms with van der Waals surface area (Å²) in [4.78, 5) is 6.70. The SMILES string of the molecule is CN(C)CCN(C)Cc1ccccc1.CNCCN(C)C. The normalized spacial score (nSPS) is 10.9. The third-order valence-electron chi connectivity index (χ3n) is 3.03. The minimum atomic E-state index is 1.04. The number of likely N-dealkylation sites (N-methyl/N-ethyl adjacent to an activating group) is 4. The lowest BCUT2D eigenvalue weighted by Crippen LogP contribution is -2.28. The van der Waals surface area contributed by atoms with Crippen molar-refractivity contribution < 1.29 is 0 Å². The molecule has 1 aromatic carbocycles. The lowest BCUT2D eigenvalue weighted by atomic mass is 10.2. The molecule has 4 heteroatoms. The van der Waals surface area contributed by atoms with Crippen molar-refractivity contribution in [1.82, 2.24) is 20.0 Å². The van der Waals surface area contributed by atoms with Crippen LogP contribution in [-0.4, -0.2) is 83.2 Å². The van der Waals surface area contributed by atoms with Crippen LogP contribution in [0.2, 0.25) is 0 Å². The molecule has 0 radical (unpaired) electrons. The summed E-state index contributed by atoms with van der Waals surface area (Å²) in [6.07, 6.45) is 0. The molecule has 0 heterocycles. The molecule has 0 amide bonds. The maximum Gasteiger partial charge on any atom is 0.0231 e. The highest BCUT2D eigenvalue weighted by Gasteiger charge is 1.99. The second-order valence-electron chi connectivity index (χ2n) is 5.93. The minimum Gasteiger partial charge on any atom is -0.318 e. The Kier molecular flexibility index (Phi) is 12.2. The van der Waals surface area contributed by atoms with E-state index in [1.807, 2.05) is 7.05 Å². The number of nitrogens with one attached hydrogen (secondary N) is 1. The fraction of sp³-hybridized carbons (Fsp3) is 0.647. The van der Waals surface area contributed by atoms with Crippen molar-refractivity contribution >= 4 is 0 Å².